The number of carbonyl (C=O) groups is 1. The number of hydrogen-bond acceptors (Lipinski definition) is 7. The van der Waals surface area contributed by atoms with Gasteiger partial charge in [-0.3, -0.25) is 0 Å². The molecule has 0 radical (unpaired) electrons. The number of aromatic nitrogens is 5. The van der Waals surface area contributed by atoms with E-state index in [9.17, 15) is 4.79 Å². The van der Waals surface area contributed by atoms with Crippen molar-refractivity contribution in [2.24, 2.45) is 0 Å². The van der Waals surface area contributed by atoms with E-state index in [0.29, 0.717) is 6.42 Å². The normalized spacial score (nSPS) is 10.6. The number of aldehydes is 1. The molecular weight excluding hydrogens is 468 g/mol. The van der Waals surface area contributed by atoms with Gasteiger partial charge in [-0.05, 0) is 42.5 Å². The Balaban J connectivity index is 0.000000286. The van der Waals surface area contributed by atoms with Crippen molar-refractivity contribution in [2.75, 3.05) is 12.4 Å². The fourth-order valence-corrected chi connectivity index (χ4v) is 4.55. The first kappa shape index (κ1) is 25.2. The van der Waals surface area contributed by atoms with Crippen LogP contribution >= 0.6 is 11.3 Å². The summed E-state index contributed by atoms with van der Waals surface area (Å²) in [6.45, 7) is 0. The number of fused-ring (bicyclic) bond motifs is 1. The molecule has 0 amide bonds. The Hall–Kier alpha value is -3.91. The number of H-pyrrole nitrogens is 1. The smallest absolute Gasteiger partial charge is 0.205 e. The fraction of sp³-hybridized carbons (Fsp3) is 0.250. The van der Waals surface area contributed by atoms with E-state index in [1.54, 1.807) is 11.3 Å². The summed E-state index contributed by atoms with van der Waals surface area (Å²) in [5.74, 6) is 0. The minimum atomic E-state index is 0.529. The van der Waals surface area contributed by atoms with Crippen LogP contribution in [0.2, 0.25) is 0 Å². The number of nitrogens with one attached hydrogen (secondary N) is 2. The van der Waals surface area contributed by atoms with E-state index >= 15 is 0 Å². The molecule has 3 heterocycles. The van der Waals surface area contributed by atoms with Gasteiger partial charge in [-0.15, -0.1) is 15.3 Å². The zero-order chi connectivity index (χ0) is 25.0. The van der Waals surface area contributed by atoms with Crippen LogP contribution in [0.25, 0.3) is 11.0 Å². The van der Waals surface area contributed by atoms with Crippen molar-refractivity contribution in [3.63, 3.8) is 0 Å². The zero-order valence-electron chi connectivity index (χ0n) is 20.4. The molecular formula is C28H30N6OS. The molecule has 5 rings (SSSR count). The predicted octanol–water partition coefficient (Wildman–Crippen LogP) is 5.44. The van der Waals surface area contributed by atoms with Crippen LogP contribution in [0.1, 0.15) is 40.4 Å². The summed E-state index contributed by atoms with van der Waals surface area (Å²) < 4.78 is 0. The molecule has 36 heavy (non-hydrogen) atoms. The lowest BCUT2D eigenvalue weighted by molar-refractivity contribution is -0.107. The van der Waals surface area contributed by atoms with Crippen LogP contribution in [0, 0.1) is 0 Å². The highest BCUT2D eigenvalue weighted by Gasteiger charge is 2.07. The van der Waals surface area contributed by atoms with E-state index in [0.717, 1.165) is 70.8 Å². The van der Waals surface area contributed by atoms with Crippen LogP contribution in [0.4, 0.5) is 5.13 Å². The third-order valence-corrected chi connectivity index (χ3v) is 6.64. The van der Waals surface area contributed by atoms with Gasteiger partial charge in [0, 0.05) is 37.4 Å². The van der Waals surface area contributed by atoms with E-state index < -0.39 is 0 Å². The average Bonchev–Trinajstić information content (AvgIpc) is 3.54. The monoisotopic (exact) mass is 498 g/mol. The van der Waals surface area contributed by atoms with Crippen LogP contribution in [-0.4, -0.2) is 38.7 Å². The van der Waals surface area contributed by atoms with Gasteiger partial charge < -0.3 is 15.1 Å². The molecule has 3 aromatic heterocycles. The van der Waals surface area contributed by atoms with Gasteiger partial charge in [-0.2, -0.15) is 5.10 Å². The molecule has 0 aliphatic heterocycles. The lowest BCUT2D eigenvalue weighted by Crippen LogP contribution is -1.94. The van der Waals surface area contributed by atoms with Crippen LogP contribution < -0.4 is 5.32 Å². The van der Waals surface area contributed by atoms with Gasteiger partial charge in [0.2, 0.25) is 5.13 Å². The first-order chi connectivity index (χ1) is 17.7. The molecule has 0 fully saturated rings. The topological polar surface area (TPSA) is 96.5 Å². The van der Waals surface area contributed by atoms with Crippen LogP contribution in [-0.2, 0) is 30.5 Å². The Bertz CT molecular complexity index is 1350. The highest BCUT2D eigenvalue weighted by molar-refractivity contribution is 7.15. The molecule has 184 valence electrons. The summed E-state index contributed by atoms with van der Waals surface area (Å²) in [4.78, 5) is 13.3. The van der Waals surface area contributed by atoms with Gasteiger partial charge >= 0.3 is 0 Å². The number of rotatable bonds is 10. The van der Waals surface area contributed by atoms with Crippen LogP contribution in [0.3, 0.4) is 0 Å². The Kier molecular flexibility index (Phi) is 9.27. The number of aryl methyl sites for hydroxylation is 2. The van der Waals surface area contributed by atoms with Crippen molar-refractivity contribution >= 4 is 33.8 Å². The van der Waals surface area contributed by atoms with E-state index in [2.05, 4.69) is 67.1 Å². The second-order valence-electron chi connectivity index (χ2n) is 8.41. The Morgan fingerprint density at radius 2 is 1.58 bits per heavy atom. The number of nitrogens with zero attached hydrogens (tertiary/aromatic N) is 4. The summed E-state index contributed by atoms with van der Waals surface area (Å²) in [5, 5.41) is 23.1. The number of hydrogen-bond donors (Lipinski definition) is 2. The first-order valence-corrected chi connectivity index (χ1v) is 12.9. The first-order valence-electron chi connectivity index (χ1n) is 12.1. The van der Waals surface area contributed by atoms with Crippen LogP contribution in [0.5, 0.6) is 0 Å². The van der Waals surface area contributed by atoms with Crippen molar-refractivity contribution in [1.82, 2.24) is 25.4 Å². The fourth-order valence-electron chi connectivity index (χ4n) is 3.81. The van der Waals surface area contributed by atoms with Gasteiger partial charge in [0.25, 0.3) is 0 Å². The van der Waals surface area contributed by atoms with Crippen molar-refractivity contribution in [3.05, 3.63) is 100 Å². The standard InChI is InChI=1S/C20H22N6S.C8H8O/c1-21-20-26-24-18(27-20)10-6-5-9-16-12-15-13-17(22-19(15)25-23-16)11-14-7-3-2-4-8-14;9-7-6-8-4-2-1-3-5-8/h2-4,7-8,12-13H,5-6,9-11H2,1H3,(H,21,26)(H,22,25);1-5,7H,6H2. The maximum atomic E-state index is 9.97. The molecule has 2 N–H and O–H groups in total. The summed E-state index contributed by atoms with van der Waals surface area (Å²) in [6.07, 6.45) is 6.35. The van der Waals surface area contributed by atoms with Crippen molar-refractivity contribution in [1.29, 1.82) is 0 Å². The van der Waals surface area contributed by atoms with Gasteiger partial charge in [-0.1, -0.05) is 72.0 Å². The van der Waals surface area contributed by atoms with Crippen molar-refractivity contribution in [3.8, 4) is 0 Å². The second kappa shape index (κ2) is 13.3. The van der Waals surface area contributed by atoms with Crippen LogP contribution in [0.15, 0.2) is 72.8 Å². The molecule has 0 atom stereocenters. The third-order valence-electron chi connectivity index (χ3n) is 5.64. The predicted molar refractivity (Wildman–Crippen MR) is 145 cm³/mol. The van der Waals surface area contributed by atoms with E-state index in [4.69, 9.17) is 0 Å². The average molecular weight is 499 g/mol. The number of benzene rings is 2. The van der Waals surface area contributed by atoms with Gasteiger partial charge in [0.1, 0.15) is 11.3 Å². The second-order valence-corrected chi connectivity index (χ2v) is 9.47. The summed E-state index contributed by atoms with van der Waals surface area (Å²) in [6, 6.07) is 24.5. The third kappa shape index (κ3) is 7.55. The molecule has 0 aliphatic rings. The largest absolute Gasteiger partial charge is 0.363 e. The minimum absolute atomic E-state index is 0.529. The molecule has 8 heteroatoms. The highest BCUT2D eigenvalue weighted by Crippen LogP contribution is 2.19. The number of carbonyl (C=O) groups excluding carboxylic acids is 1. The highest BCUT2D eigenvalue weighted by atomic mass is 32.1. The Morgan fingerprint density at radius 1 is 0.861 bits per heavy atom. The number of unbranched alkanes of at least 4 members (excludes halogenated alkanes) is 1. The van der Waals surface area contributed by atoms with Gasteiger partial charge in [0.15, 0.2) is 5.65 Å². The van der Waals surface area contributed by atoms with E-state index in [1.165, 1.54) is 11.3 Å². The summed E-state index contributed by atoms with van der Waals surface area (Å²) >= 11 is 1.62. The maximum absolute atomic E-state index is 9.97. The van der Waals surface area contributed by atoms with Gasteiger partial charge in [-0.25, -0.2) is 0 Å². The molecule has 7 nitrogen and oxygen atoms in total. The molecule has 5 aromatic rings. The van der Waals surface area contributed by atoms with Crippen molar-refractivity contribution in [2.45, 2.75) is 38.5 Å². The summed E-state index contributed by atoms with van der Waals surface area (Å²) in [7, 11) is 1.87. The molecule has 0 saturated heterocycles. The molecule has 0 aliphatic carbocycles. The van der Waals surface area contributed by atoms with Gasteiger partial charge in [0.05, 0.1) is 5.69 Å². The maximum Gasteiger partial charge on any atom is 0.205 e. The molecule has 2 aromatic carbocycles. The molecule has 0 spiro atoms. The molecule has 0 saturated carbocycles. The minimum Gasteiger partial charge on any atom is -0.363 e. The lowest BCUT2D eigenvalue weighted by Gasteiger charge is -1.99. The lowest BCUT2D eigenvalue weighted by atomic mass is 10.1. The molecule has 0 unspecified atom stereocenters. The van der Waals surface area contributed by atoms with E-state index in [1.807, 2.05) is 43.4 Å². The summed E-state index contributed by atoms with van der Waals surface area (Å²) in [5.41, 5.74) is 5.43. The quantitative estimate of drug-likeness (QED) is 0.197. The Morgan fingerprint density at radius 3 is 2.28 bits per heavy atom. The van der Waals surface area contributed by atoms with Crippen molar-refractivity contribution < 1.29 is 4.79 Å². The molecule has 0 bridgehead atoms. The van der Waals surface area contributed by atoms with E-state index in [-0.39, 0.29) is 0 Å². The number of anilines is 1. The zero-order valence-corrected chi connectivity index (χ0v) is 21.2. The Labute approximate surface area is 215 Å². The number of aromatic amines is 1. The SMILES string of the molecule is CNc1nnc(CCCCc2cc3cc(Cc4ccccc4)[nH]c3nn2)s1.O=CCc1ccccc1.